The molecule has 3 atom stereocenters. The number of fused-ring (bicyclic) bond motifs is 1. The lowest BCUT2D eigenvalue weighted by molar-refractivity contribution is 0.0772. The Hall–Kier alpha value is -2.86. The highest BCUT2D eigenvalue weighted by Crippen LogP contribution is 2.33. The van der Waals surface area contributed by atoms with Crippen LogP contribution in [0, 0.1) is 25.7 Å². The van der Waals surface area contributed by atoms with Gasteiger partial charge in [0.15, 0.2) is 0 Å². The smallest absolute Gasteiger partial charge is 0.317 e. The van der Waals surface area contributed by atoms with Crippen LogP contribution in [0.4, 0.5) is 4.79 Å². The Labute approximate surface area is 209 Å². The molecule has 1 N–H and O–H groups in total. The minimum Gasteiger partial charge on any atom is -0.338 e. The van der Waals surface area contributed by atoms with Gasteiger partial charge in [-0.1, -0.05) is 48.5 Å². The van der Waals surface area contributed by atoms with Crippen LogP contribution in [0.1, 0.15) is 52.4 Å². The summed E-state index contributed by atoms with van der Waals surface area (Å²) in [4.78, 5) is 32.6. The Morgan fingerprint density at radius 2 is 1.49 bits per heavy atom. The van der Waals surface area contributed by atoms with Gasteiger partial charge in [-0.15, -0.1) is 0 Å². The van der Waals surface area contributed by atoms with Gasteiger partial charge in [0.25, 0.3) is 5.91 Å². The lowest BCUT2D eigenvalue weighted by Gasteiger charge is -2.27. The average molecular weight is 475 g/mol. The summed E-state index contributed by atoms with van der Waals surface area (Å²) in [6, 6.07) is 16.5. The molecule has 0 bridgehead atoms. The van der Waals surface area contributed by atoms with Crippen LogP contribution in [0.15, 0.2) is 48.5 Å². The summed E-state index contributed by atoms with van der Waals surface area (Å²) < 4.78 is 0. The summed E-state index contributed by atoms with van der Waals surface area (Å²) in [6.07, 6.45) is 3.10. The van der Waals surface area contributed by atoms with Crippen molar-refractivity contribution in [1.82, 2.24) is 20.0 Å². The summed E-state index contributed by atoms with van der Waals surface area (Å²) in [5.41, 5.74) is 4.18. The molecule has 0 spiro atoms. The fraction of sp³-hybridized carbons (Fsp3) is 0.517. The van der Waals surface area contributed by atoms with E-state index < -0.39 is 0 Å². The van der Waals surface area contributed by atoms with Gasteiger partial charge >= 0.3 is 6.03 Å². The first-order valence-electron chi connectivity index (χ1n) is 13.2. The second-order valence-corrected chi connectivity index (χ2v) is 10.7. The second kappa shape index (κ2) is 10.4. The average Bonchev–Trinajstić information content (AvgIpc) is 3.59. The van der Waals surface area contributed by atoms with Crippen molar-refractivity contribution in [3.05, 3.63) is 70.8 Å². The quantitative estimate of drug-likeness (QED) is 0.681. The maximum atomic E-state index is 13.3. The van der Waals surface area contributed by atoms with Crippen molar-refractivity contribution in [2.24, 2.45) is 11.8 Å². The molecule has 35 heavy (non-hydrogen) atoms. The number of aryl methyl sites for hydroxylation is 2. The Morgan fingerprint density at radius 3 is 2.11 bits per heavy atom. The fourth-order valence-corrected chi connectivity index (χ4v) is 6.23. The predicted octanol–water partition coefficient (Wildman–Crippen LogP) is 4.24. The number of hydrogen-bond acceptors (Lipinski definition) is 3. The van der Waals surface area contributed by atoms with E-state index in [9.17, 15) is 9.59 Å². The van der Waals surface area contributed by atoms with E-state index >= 15 is 0 Å². The van der Waals surface area contributed by atoms with Crippen molar-refractivity contribution in [2.75, 3.05) is 45.8 Å². The number of likely N-dealkylation sites (tertiary alicyclic amines) is 3. The molecule has 2 unspecified atom stereocenters. The van der Waals surface area contributed by atoms with E-state index in [4.69, 9.17) is 0 Å². The molecule has 186 valence electrons. The van der Waals surface area contributed by atoms with Crippen molar-refractivity contribution in [3.8, 4) is 0 Å². The van der Waals surface area contributed by atoms with Crippen LogP contribution in [0.25, 0.3) is 0 Å². The number of benzene rings is 2. The van der Waals surface area contributed by atoms with E-state index in [1.165, 1.54) is 5.56 Å². The Balaban J connectivity index is 1.17. The standard InChI is InChI=1S/C29H38N4O2/c1-21-9-8-10-22(2)27(21)28(34)33-19-24-17-31(18-25(24)20-33)16-13-26(23-11-4-3-5-12-23)30-29(35)32-14-6-7-15-32/h3-5,8-12,24-26H,6-7,13-20H2,1-2H3,(H,30,35)/t24-,25?,26?/m0/s1. The second-order valence-electron chi connectivity index (χ2n) is 10.7. The summed E-state index contributed by atoms with van der Waals surface area (Å²) in [5, 5.41) is 3.31. The molecule has 3 saturated heterocycles. The highest BCUT2D eigenvalue weighted by Gasteiger charge is 2.42. The highest BCUT2D eigenvalue weighted by atomic mass is 16.2. The van der Waals surface area contributed by atoms with Gasteiger partial charge in [-0.05, 0) is 61.6 Å². The summed E-state index contributed by atoms with van der Waals surface area (Å²) in [7, 11) is 0. The number of rotatable bonds is 6. The van der Waals surface area contributed by atoms with E-state index in [1.54, 1.807) is 0 Å². The molecule has 0 saturated carbocycles. The van der Waals surface area contributed by atoms with Crippen LogP contribution in [0.3, 0.4) is 0 Å². The molecule has 2 aromatic rings. The van der Waals surface area contributed by atoms with Crippen LogP contribution in [0.5, 0.6) is 0 Å². The van der Waals surface area contributed by atoms with Crippen LogP contribution in [-0.2, 0) is 0 Å². The van der Waals surface area contributed by atoms with Gasteiger partial charge in [-0.3, -0.25) is 4.79 Å². The predicted molar refractivity (Wildman–Crippen MR) is 138 cm³/mol. The van der Waals surface area contributed by atoms with Gasteiger partial charge < -0.3 is 20.0 Å². The molecule has 3 aliphatic heterocycles. The molecule has 3 amide bonds. The normalized spacial score (nSPS) is 22.9. The lowest BCUT2D eigenvalue weighted by Crippen LogP contribution is -2.41. The van der Waals surface area contributed by atoms with Crippen molar-refractivity contribution >= 4 is 11.9 Å². The van der Waals surface area contributed by atoms with E-state index in [0.29, 0.717) is 11.8 Å². The first-order chi connectivity index (χ1) is 17.0. The summed E-state index contributed by atoms with van der Waals surface area (Å²) >= 11 is 0. The summed E-state index contributed by atoms with van der Waals surface area (Å²) in [6.45, 7) is 10.5. The van der Waals surface area contributed by atoms with Gasteiger partial charge in [0.05, 0.1) is 6.04 Å². The number of nitrogens with one attached hydrogen (secondary N) is 1. The molecular weight excluding hydrogens is 436 g/mol. The van der Waals surface area contributed by atoms with Gasteiger partial charge in [0.1, 0.15) is 0 Å². The number of amides is 3. The molecular formula is C29H38N4O2. The molecule has 6 heteroatoms. The molecule has 3 aliphatic rings. The molecule has 0 radical (unpaired) electrons. The van der Waals surface area contributed by atoms with Crippen molar-refractivity contribution < 1.29 is 9.59 Å². The topological polar surface area (TPSA) is 55.9 Å². The zero-order valence-corrected chi connectivity index (χ0v) is 21.1. The third-order valence-corrected chi connectivity index (χ3v) is 8.17. The molecule has 0 aromatic heterocycles. The largest absolute Gasteiger partial charge is 0.338 e. The van der Waals surface area contributed by atoms with Gasteiger partial charge in [-0.25, -0.2) is 4.79 Å². The summed E-state index contributed by atoms with van der Waals surface area (Å²) in [5.74, 6) is 1.27. The highest BCUT2D eigenvalue weighted by molar-refractivity contribution is 5.97. The Morgan fingerprint density at radius 1 is 0.857 bits per heavy atom. The van der Waals surface area contributed by atoms with Crippen LogP contribution >= 0.6 is 0 Å². The molecule has 2 aromatic carbocycles. The molecule has 5 rings (SSSR count). The van der Waals surface area contributed by atoms with Gasteiger partial charge in [0, 0.05) is 51.4 Å². The van der Waals surface area contributed by atoms with Crippen LogP contribution in [-0.4, -0.2) is 72.5 Å². The van der Waals surface area contributed by atoms with E-state index in [2.05, 4.69) is 27.2 Å². The molecule has 3 heterocycles. The molecule has 3 fully saturated rings. The number of hydrogen-bond donors (Lipinski definition) is 1. The van der Waals surface area contributed by atoms with E-state index in [1.807, 2.05) is 55.1 Å². The van der Waals surface area contributed by atoms with Gasteiger partial charge in [-0.2, -0.15) is 0 Å². The lowest BCUT2D eigenvalue weighted by atomic mass is 10.0. The maximum absolute atomic E-state index is 13.3. The monoisotopic (exact) mass is 474 g/mol. The number of urea groups is 1. The van der Waals surface area contributed by atoms with Crippen molar-refractivity contribution in [1.29, 1.82) is 0 Å². The van der Waals surface area contributed by atoms with Crippen molar-refractivity contribution in [3.63, 3.8) is 0 Å². The van der Waals surface area contributed by atoms with E-state index in [0.717, 1.165) is 81.8 Å². The minimum atomic E-state index is 0.0202. The van der Waals surface area contributed by atoms with Crippen LogP contribution < -0.4 is 5.32 Å². The number of carbonyl (C=O) groups is 2. The van der Waals surface area contributed by atoms with E-state index in [-0.39, 0.29) is 18.0 Å². The fourth-order valence-electron chi connectivity index (χ4n) is 6.23. The number of nitrogens with zero attached hydrogens (tertiary/aromatic N) is 3. The van der Waals surface area contributed by atoms with Gasteiger partial charge in [0.2, 0.25) is 0 Å². The zero-order chi connectivity index (χ0) is 24.4. The third-order valence-electron chi connectivity index (χ3n) is 8.17. The zero-order valence-electron chi connectivity index (χ0n) is 21.1. The SMILES string of the molecule is Cc1cccc(C)c1C(=O)N1CC2CN(CCC(NC(=O)N3CCCC3)c3ccccc3)C[C@H]2C1. The first kappa shape index (κ1) is 23.9. The third kappa shape index (κ3) is 5.22. The maximum Gasteiger partial charge on any atom is 0.317 e. The van der Waals surface area contributed by atoms with Crippen molar-refractivity contribution in [2.45, 2.75) is 39.2 Å². The number of carbonyl (C=O) groups excluding carboxylic acids is 2. The molecule has 0 aliphatic carbocycles. The molecule has 6 nitrogen and oxygen atoms in total. The Bertz CT molecular complexity index is 1020. The Kier molecular flexibility index (Phi) is 7.09. The first-order valence-corrected chi connectivity index (χ1v) is 13.2. The minimum absolute atomic E-state index is 0.0202. The van der Waals surface area contributed by atoms with Crippen LogP contribution in [0.2, 0.25) is 0 Å².